The van der Waals surface area contributed by atoms with Crippen molar-refractivity contribution in [1.82, 2.24) is 5.32 Å². The Kier molecular flexibility index (Phi) is 121. The van der Waals surface area contributed by atoms with Crippen LogP contribution in [0.25, 0.3) is 0 Å². The Morgan fingerprint density at radius 2 is 0.322 bits per heavy atom. The number of hydrogen-bond donors (Lipinski definition) is 2. The zero-order valence-corrected chi connectivity index (χ0v) is 91.6. The van der Waals surface area contributed by atoms with Crippen molar-refractivity contribution in [2.75, 3.05) is 522 Å². The Morgan fingerprint density at radius 3 is 0.490 bits per heavy atom. The van der Waals surface area contributed by atoms with Crippen molar-refractivity contribution in [3.05, 3.63) is 0 Å². The molecule has 0 aromatic heterocycles. The Bertz CT molecular complexity index is 2660. The summed E-state index contributed by atoms with van der Waals surface area (Å²) in [6.45, 7) is 41.7. The summed E-state index contributed by atoms with van der Waals surface area (Å²) in [5, 5.41) is 3.04. The smallest absolute Gasteiger partial charge is 0.308 e. The van der Waals surface area contributed by atoms with E-state index in [0.29, 0.717) is 495 Å². The van der Waals surface area contributed by atoms with Gasteiger partial charge >= 0.3 is 5.97 Å². The molecule has 0 atom stereocenters. The zero-order valence-electron chi connectivity index (χ0n) is 91.6. The number of nitrogens with one attached hydrogen (secondary N) is 1. The molecule has 0 rings (SSSR count). The van der Waals surface area contributed by atoms with Crippen LogP contribution in [-0.4, -0.2) is 562 Å². The molecule has 886 valence electrons. The highest BCUT2D eigenvalue weighted by Gasteiger charge is 2.34. The van der Waals surface area contributed by atoms with Gasteiger partial charge in [-0.15, -0.1) is 0 Å². The van der Waals surface area contributed by atoms with Crippen molar-refractivity contribution in [3.8, 4) is 0 Å². The second-order valence-corrected chi connectivity index (χ2v) is 33.4. The Balaban J connectivity index is 3.73. The van der Waals surface area contributed by atoms with Gasteiger partial charge in [0.2, 0.25) is 5.91 Å². The first kappa shape index (κ1) is 145. The number of nitrogens with two attached hydrogens (primary N) is 1. The Labute approximate surface area is 888 Å². The number of esters is 1. The van der Waals surface area contributed by atoms with Gasteiger partial charge in [-0.3, -0.25) is 24.0 Å². The fourth-order valence-corrected chi connectivity index (χ4v) is 11.7. The number of Topliss-reactive ketones (excluding diaryl/α,β-unsaturated/α-hetero) is 3. The maximum Gasteiger partial charge on any atom is 0.308 e. The lowest BCUT2D eigenvalue weighted by Crippen LogP contribution is -2.59. The van der Waals surface area contributed by atoms with Crippen molar-refractivity contribution >= 4 is 29.2 Å². The van der Waals surface area contributed by atoms with Crippen LogP contribution < -0.4 is 11.1 Å². The van der Waals surface area contributed by atoms with Crippen LogP contribution in [0.5, 0.6) is 0 Å². The van der Waals surface area contributed by atoms with Gasteiger partial charge in [-0.1, -0.05) is 13.8 Å². The highest BCUT2D eigenvalue weighted by Crippen LogP contribution is 2.14. The van der Waals surface area contributed by atoms with Gasteiger partial charge in [-0.25, -0.2) is 0 Å². The van der Waals surface area contributed by atoms with Gasteiger partial charge < -0.3 is 201 Å². The summed E-state index contributed by atoms with van der Waals surface area (Å²) in [7, 11) is 0. The minimum absolute atomic E-state index is 0.00667. The fourth-order valence-electron chi connectivity index (χ4n) is 11.7. The number of rotatable bonds is 134. The minimum atomic E-state index is -1.21. The molecule has 0 aliphatic rings. The third-order valence-corrected chi connectivity index (χ3v) is 19.2. The number of ether oxygens (including phenoxy) is 40. The van der Waals surface area contributed by atoms with Crippen molar-refractivity contribution in [2.45, 2.75) is 116 Å². The van der Waals surface area contributed by atoms with E-state index in [1.807, 2.05) is 34.6 Å². The van der Waals surface area contributed by atoms with Gasteiger partial charge in [0.15, 0.2) is 0 Å². The molecule has 47 nitrogen and oxygen atoms in total. The molecule has 0 heterocycles. The summed E-state index contributed by atoms with van der Waals surface area (Å²) < 4.78 is 223. The number of carbonyl (C=O) groups is 5. The lowest BCUT2D eigenvalue weighted by molar-refractivity contribution is -0.156. The van der Waals surface area contributed by atoms with Crippen LogP contribution in [0, 0.1) is 0 Å². The van der Waals surface area contributed by atoms with Gasteiger partial charge in [0.1, 0.15) is 28.5 Å². The molecule has 1 amide bonds. The SMILES string of the molecule is CCCC(=O)CCOCC(COCCC(=O)CCC)(COCCC(=O)CCCOCCOCCOCCOCCOCCOCCOCCOCCOCCOCCOCCOCCOCCOCCOCCOCCOCCOCCOCCOCCOCCOCCOCCOCCC(=O)OC(C)(C)C)NC(=O)CCOCCOCCOCCOCCOCCOCCOCCOCCOCCOCCOCCOCCN. The van der Waals surface area contributed by atoms with E-state index in [2.05, 4.69) is 5.32 Å². The summed E-state index contributed by atoms with van der Waals surface area (Å²) in [5.41, 5.74) is 3.67. The highest BCUT2D eigenvalue weighted by atomic mass is 16.6. The van der Waals surface area contributed by atoms with E-state index in [-0.39, 0.29) is 114 Å². The Morgan fingerprint density at radius 1 is 0.174 bits per heavy atom. The van der Waals surface area contributed by atoms with E-state index in [0.717, 1.165) is 12.8 Å². The lowest BCUT2D eigenvalue weighted by atomic mass is 10.0. The highest BCUT2D eigenvalue weighted by molar-refractivity contribution is 5.79. The fraction of sp³-hybridized carbons (Fsp3) is 0.951. The zero-order chi connectivity index (χ0) is 108. The third kappa shape index (κ3) is 124. The third-order valence-electron chi connectivity index (χ3n) is 19.2. The summed E-state index contributed by atoms with van der Waals surface area (Å²) in [4.78, 5) is 62.8. The topological polar surface area (TPSA) is 493 Å². The molecule has 149 heavy (non-hydrogen) atoms. The van der Waals surface area contributed by atoms with Crippen molar-refractivity contribution in [2.24, 2.45) is 5.73 Å². The molecular weight excluding hydrogens is 1970 g/mol. The average Bonchev–Trinajstić information content (AvgIpc) is 0.852. The minimum Gasteiger partial charge on any atom is -0.460 e. The predicted octanol–water partition coefficient (Wildman–Crippen LogP) is 3.83. The van der Waals surface area contributed by atoms with E-state index < -0.39 is 11.1 Å². The second-order valence-electron chi connectivity index (χ2n) is 33.4. The van der Waals surface area contributed by atoms with Gasteiger partial charge in [-0.2, -0.15) is 0 Å². The quantitative estimate of drug-likeness (QED) is 0.0645. The van der Waals surface area contributed by atoms with E-state index in [1.165, 1.54) is 0 Å². The maximum atomic E-state index is 13.5. The van der Waals surface area contributed by atoms with Crippen LogP contribution in [0.3, 0.4) is 0 Å². The largest absolute Gasteiger partial charge is 0.460 e. The Hall–Kier alpha value is -3.65. The monoisotopic (exact) mass is 2170 g/mol. The number of amides is 1. The van der Waals surface area contributed by atoms with E-state index >= 15 is 0 Å². The van der Waals surface area contributed by atoms with E-state index in [4.69, 9.17) is 195 Å². The molecule has 0 aromatic carbocycles. The average molecular weight is 2170 g/mol. The molecule has 0 unspecified atom stereocenters. The molecule has 0 aliphatic carbocycles. The normalized spacial score (nSPS) is 11.9. The first-order valence-corrected chi connectivity index (χ1v) is 53.7. The maximum absolute atomic E-state index is 13.5. The first-order valence-electron chi connectivity index (χ1n) is 53.7. The standard InChI is InChI=1S/C102H198N2O45/c1-6-9-96(105)12-19-146-93-102(94-147-20-13-97(106)10-7-2,104-99(108)15-22-111-26-30-115-34-38-119-42-46-123-50-54-127-58-62-131-66-68-133-64-60-129-56-52-125-48-44-121-40-36-117-32-28-113-24-17-103)95-148-21-14-98(107)11-8-18-110-25-29-114-33-37-118-41-45-122-49-53-126-57-61-130-65-69-134-71-73-136-75-77-138-79-81-140-83-85-142-87-89-144-91-92-145-90-88-143-86-84-141-82-80-139-78-76-137-74-72-135-70-67-132-63-59-128-55-51-124-47-43-120-39-35-116-31-27-112-23-16-100(109)149-101(3,4)5/h6-95,103H2,1-5H3,(H,104,108). The van der Waals surface area contributed by atoms with Gasteiger partial charge in [0.05, 0.1) is 515 Å². The molecule has 0 aromatic rings. The van der Waals surface area contributed by atoms with Gasteiger partial charge in [0, 0.05) is 58.1 Å². The van der Waals surface area contributed by atoms with Crippen LogP contribution in [0.2, 0.25) is 0 Å². The van der Waals surface area contributed by atoms with Crippen LogP contribution >= 0.6 is 0 Å². The van der Waals surface area contributed by atoms with Crippen LogP contribution in [0.4, 0.5) is 0 Å². The first-order chi connectivity index (χ1) is 73.4. The van der Waals surface area contributed by atoms with Gasteiger partial charge in [-0.05, 0) is 40.0 Å². The molecule has 0 bridgehead atoms. The van der Waals surface area contributed by atoms with Crippen molar-refractivity contribution in [1.29, 1.82) is 0 Å². The summed E-state index contributed by atoms with van der Waals surface area (Å²) in [6.07, 6.45) is 3.91. The summed E-state index contributed by atoms with van der Waals surface area (Å²) >= 11 is 0. The molecule has 0 saturated carbocycles. The molecule has 0 aliphatic heterocycles. The molecule has 3 N–H and O–H groups in total. The number of hydrogen-bond acceptors (Lipinski definition) is 46. The van der Waals surface area contributed by atoms with Crippen LogP contribution in [0.1, 0.15) is 105 Å². The van der Waals surface area contributed by atoms with Crippen molar-refractivity contribution in [3.63, 3.8) is 0 Å². The predicted molar refractivity (Wildman–Crippen MR) is 545 cm³/mol. The number of carbonyl (C=O) groups excluding carboxylic acids is 5. The molecule has 0 spiro atoms. The molecular formula is C102H198N2O45. The van der Waals surface area contributed by atoms with Gasteiger partial charge in [0.25, 0.3) is 0 Å². The van der Waals surface area contributed by atoms with E-state index in [1.54, 1.807) is 0 Å². The van der Waals surface area contributed by atoms with E-state index in [9.17, 15) is 24.0 Å². The molecule has 47 heteroatoms. The molecule has 0 fully saturated rings. The van der Waals surface area contributed by atoms with Crippen LogP contribution in [-0.2, 0) is 213 Å². The molecule has 0 saturated heterocycles. The summed E-state index contributed by atoms with van der Waals surface area (Å²) in [6, 6.07) is 0. The van der Waals surface area contributed by atoms with Crippen molar-refractivity contribution < 1.29 is 213 Å². The van der Waals surface area contributed by atoms with Crippen LogP contribution in [0.15, 0.2) is 0 Å². The molecule has 0 radical (unpaired) electrons. The second kappa shape index (κ2) is 125. The number of ketones is 3. The summed E-state index contributed by atoms with van der Waals surface area (Å²) in [5.74, 6) is -0.503. The lowest BCUT2D eigenvalue weighted by Gasteiger charge is -2.34.